The average molecular weight is 364 g/mol. The Morgan fingerprint density at radius 2 is 2.21 bits per heavy atom. The second-order valence-electron chi connectivity index (χ2n) is 5.78. The van der Waals surface area contributed by atoms with Crippen molar-refractivity contribution in [3.05, 3.63) is 38.7 Å². The maximum atomic E-state index is 12.4. The van der Waals surface area contributed by atoms with E-state index in [0.717, 1.165) is 31.6 Å². The summed E-state index contributed by atoms with van der Waals surface area (Å²) in [5, 5.41) is 2.90. The molecular weight excluding hydrogens is 342 g/mol. The van der Waals surface area contributed by atoms with E-state index in [0.29, 0.717) is 21.2 Å². The third-order valence-corrected chi connectivity index (χ3v) is 5.56. The van der Waals surface area contributed by atoms with Gasteiger partial charge in [0.1, 0.15) is 10.7 Å². The van der Waals surface area contributed by atoms with Crippen molar-refractivity contribution in [3.63, 3.8) is 0 Å². The highest BCUT2D eigenvalue weighted by Crippen LogP contribution is 2.26. The highest BCUT2D eigenvalue weighted by atomic mass is 32.1. The van der Waals surface area contributed by atoms with Crippen LogP contribution in [0.3, 0.4) is 0 Å². The first-order valence-corrected chi connectivity index (χ1v) is 9.33. The van der Waals surface area contributed by atoms with Crippen LogP contribution in [0.15, 0.2) is 24.3 Å². The topological polar surface area (TPSA) is 69.3 Å². The molecule has 128 valence electrons. The molecule has 1 saturated heterocycles. The number of rotatable bonds is 5. The summed E-state index contributed by atoms with van der Waals surface area (Å²) in [6, 6.07) is 8.05. The largest absolute Gasteiger partial charge is 0.383 e. The Morgan fingerprint density at radius 3 is 2.83 bits per heavy atom. The first kappa shape index (κ1) is 17.1. The maximum absolute atomic E-state index is 12.4. The number of nitrogens with two attached hydrogens (primary N) is 1. The minimum Gasteiger partial charge on any atom is -0.383 e. The van der Waals surface area contributed by atoms with E-state index in [1.165, 1.54) is 16.9 Å². The van der Waals surface area contributed by atoms with Crippen molar-refractivity contribution < 1.29 is 9.53 Å². The van der Waals surface area contributed by atoms with Crippen LogP contribution < -0.4 is 11.1 Å². The number of hydrogen-bond acceptors (Lipinski definition) is 5. The summed E-state index contributed by atoms with van der Waals surface area (Å²) in [6.45, 7) is 3.38. The summed E-state index contributed by atoms with van der Waals surface area (Å²) in [5.74, 6) is 0.196. The molecule has 7 heteroatoms. The Labute approximate surface area is 150 Å². The fourth-order valence-electron chi connectivity index (χ4n) is 2.77. The number of nitrogen functional groups attached to an aromatic ring is 1. The number of nitrogens with one attached hydrogen (secondary N) is 1. The molecule has 0 bridgehead atoms. The van der Waals surface area contributed by atoms with Crippen LogP contribution in [0.2, 0.25) is 0 Å². The first-order valence-electron chi connectivity index (χ1n) is 8.10. The van der Waals surface area contributed by atoms with Gasteiger partial charge in [0.05, 0.1) is 6.10 Å². The standard InChI is InChI=1S/C17H21N3O2S2/c1-2-11-5-7-12(8-6-11)20-15(18)14(24-17(20)23)16(21)19-10-13-4-3-9-22-13/h5-8,13H,2-4,9-10,18H2,1H3,(H,19,21)/t13-/m0/s1. The lowest BCUT2D eigenvalue weighted by Crippen LogP contribution is -2.31. The van der Waals surface area contributed by atoms with Gasteiger partial charge in [-0.1, -0.05) is 30.4 Å². The Balaban J connectivity index is 1.80. The molecule has 5 nitrogen and oxygen atoms in total. The van der Waals surface area contributed by atoms with E-state index in [4.69, 9.17) is 22.7 Å². The van der Waals surface area contributed by atoms with Gasteiger partial charge in [-0.3, -0.25) is 9.36 Å². The lowest BCUT2D eigenvalue weighted by Gasteiger charge is -2.11. The van der Waals surface area contributed by atoms with Crippen molar-refractivity contribution in [1.29, 1.82) is 0 Å². The average Bonchev–Trinajstić information content (AvgIpc) is 3.21. The molecule has 24 heavy (non-hydrogen) atoms. The molecule has 1 aromatic heterocycles. The third kappa shape index (κ3) is 3.53. The van der Waals surface area contributed by atoms with Crippen LogP contribution in [0.25, 0.3) is 5.69 Å². The molecule has 0 radical (unpaired) electrons. The molecule has 1 aliphatic heterocycles. The molecule has 3 N–H and O–H groups in total. The molecule has 1 aromatic carbocycles. The number of carbonyl (C=O) groups excluding carboxylic acids is 1. The fourth-order valence-corrected chi connectivity index (χ4v) is 4.05. The summed E-state index contributed by atoms with van der Waals surface area (Å²) >= 11 is 6.65. The van der Waals surface area contributed by atoms with Crippen molar-refractivity contribution in [1.82, 2.24) is 9.88 Å². The van der Waals surface area contributed by atoms with E-state index in [-0.39, 0.29) is 12.0 Å². The van der Waals surface area contributed by atoms with Gasteiger partial charge < -0.3 is 15.8 Å². The quantitative estimate of drug-likeness (QED) is 0.800. The molecule has 1 fully saturated rings. The summed E-state index contributed by atoms with van der Waals surface area (Å²) in [4.78, 5) is 12.9. The van der Waals surface area contributed by atoms with Crippen molar-refractivity contribution in [3.8, 4) is 5.69 Å². The Bertz CT molecular complexity index is 774. The van der Waals surface area contributed by atoms with Gasteiger partial charge in [0.25, 0.3) is 5.91 Å². The Morgan fingerprint density at radius 1 is 1.46 bits per heavy atom. The van der Waals surface area contributed by atoms with E-state index >= 15 is 0 Å². The Kier molecular flexibility index (Phi) is 5.33. The number of carbonyl (C=O) groups is 1. The van der Waals surface area contributed by atoms with Gasteiger partial charge in [0, 0.05) is 18.8 Å². The fraction of sp³-hybridized carbons (Fsp3) is 0.412. The number of aromatic nitrogens is 1. The smallest absolute Gasteiger partial charge is 0.265 e. The van der Waals surface area contributed by atoms with Crippen LogP contribution in [0, 0.1) is 3.95 Å². The molecule has 0 saturated carbocycles. The van der Waals surface area contributed by atoms with Crippen LogP contribution >= 0.6 is 23.6 Å². The van der Waals surface area contributed by atoms with Crippen molar-refractivity contribution >= 4 is 35.3 Å². The highest BCUT2D eigenvalue weighted by molar-refractivity contribution is 7.73. The number of hydrogen-bond donors (Lipinski definition) is 2. The minimum atomic E-state index is -0.192. The molecule has 2 aromatic rings. The monoisotopic (exact) mass is 363 g/mol. The van der Waals surface area contributed by atoms with Gasteiger partial charge in [-0.2, -0.15) is 0 Å². The van der Waals surface area contributed by atoms with Crippen LogP contribution in [0.4, 0.5) is 5.82 Å². The second-order valence-corrected chi connectivity index (χ2v) is 7.43. The number of benzene rings is 1. The number of nitrogens with zero attached hydrogens (tertiary/aromatic N) is 1. The molecule has 0 unspecified atom stereocenters. The van der Waals surface area contributed by atoms with Gasteiger partial charge in [-0.15, -0.1) is 0 Å². The van der Waals surface area contributed by atoms with Crippen LogP contribution in [0.1, 0.15) is 35.0 Å². The number of amides is 1. The predicted molar refractivity (Wildman–Crippen MR) is 99.6 cm³/mol. The summed E-state index contributed by atoms with van der Waals surface area (Å²) in [5.41, 5.74) is 8.33. The van der Waals surface area contributed by atoms with Gasteiger partial charge >= 0.3 is 0 Å². The lowest BCUT2D eigenvalue weighted by molar-refractivity contribution is 0.0861. The van der Waals surface area contributed by atoms with Gasteiger partial charge in [-0.05, 0) is 49.2 Å². The minimum absolute atomic E-state index is 0.104. The molecule has 0 aliphatic carbocycles. The van der Waals surface area contributed by atoms with Gasteiger partial charge in [-0.25, -0.2) is 0 Å². The van der Waals surface area contributed by atoms with Crippen LogP contribution in [-0.2, 0) is 11.2 Å². The van der Waals surface area contributed by atoms with Crippen LogP contribution in [0.5, 0.6) is 0 Å². The molecule has 0 spiro atoms. The highest BCUT2D eigenvalue weighted by Gasteiger charge is 2.21. The number of aryl methyl sites for hydroxylation is 1. The SMILES string of the molecule is CCc1ccc(-n2c(N)c(C(=O)NC[C@@H]3CCCO3)sc2=S)cc1. The zero-order valence-electron chi connectivity index (χ0n) is 13.6. The predicted octanol–water partition coefficient (Wildman–Crippen LogP) is 3.32. The first-order chi connectivity index (χ1) is 11.6. The molecule has 3 rings (SSSR count). The molecule has 1 atom stereocenters. The molecular formula is C17H21N3O2S2. The lowest BCUT2D eigenvalue weighted by atomic mass is 10.1. The normalized spacial score (nSPS) is 17.1. The van der Waals surface area contributed by atoms with E-state index < -0.39 is 0 Å². The van der Waals surface area contributed by atoms with E-state index in [9.17, 15) is 4.79 Å². The van der Waals surface area contributed by atoms with Gasteiger partial charge in [0.2, 0.25) is 0 Å². The summed E-state index contributed by atoms with van der Waals surface area (Å²) in [7, 11) is 0. The number of anilines is 1. The summed E-state index contributed by atoms with van der Waals surface area (Å²) < 4.78 is 7.84. The summed E-state index contributed by atoms with van der Waals surface area (Å²) in [6.07, 6.45) is 3.11. The van der Waals surface area contributed by atoms with Crippen molar-refractivity contribution in [2.24, 2.45) is 0 Å². The van der Waals surface area contributed by atoms with Crippen molar-refractivity contribution in [2.75, 3.05) is 18.9 Å². The third-order valence-electron chi connectivity index (χ3n) is 4.17. The van der Waals surface area contributed by atoms with E-state index in [2.05, 4.69) is 12.2 Å². The molecule has 1 aliphatic rings. The van der Waals surface area contributed by atoms with Gasteiger partial charge in [0.15, 0.2) is 3.95 Å². The zero-order valence-corrected chi connectivity index (χ0v) is 15.2. The zero-order chi connectivity index (χ0) is 17.1. The van der Waals surface area contributed by atoms with E-state index in [1.807, 2.05) is 24.3 Å². The maximum Gasteiger partial charge on any atom is 0.265 e. The molecule has 2 heterocycles. The Hall–Kier alpha value is -1.70. The van der Waals surface area contributed by atoms with Crippen molar-refractivity contribution in [2.45, 2.75) is 32.3 Å². The number of thiazole rings is 1. The molecule has 1 amide bonds. The van der Waals surface area contributed by atoms with E-state index in [1.54, 1.807) is 4.57 Å². The number of ether oxygens (including phenoxy) is 1. The second kappa shape index (κ2) is 7.46. The van der Waals surface area contributed by atoms with Crippen LogP contribution in [-0.4, -0.2) is 29.7 Å².